The van der Waals surface area contributed by atoms with E-state index in [4.69, 9.17) is 22.5 Å². The monoisotopic (exact) mass is 281 g/mol. The van der Waals surface area contributed by atoms with Crippen molar-refractivity contribution in [3.8, 4) is 0 Å². The molecule has 1 saturated heterocycles. The van der Waals surface area contributed by atoms with Crippen molar-refractivity contribution in [2.75, 3.05) is 11.4 Å². The number of hydrogen-bond donors (Lipinski definition) is 2. The fourth-order valence-corrected chi connectivity index (χ4v) is 3.11. The van der Waals surface area contributed by atoms with E-state index in [-0.39, 0.29) is 5.84 Å². The van der Waals surface area contributed by atoms with Gasteiger partial charge in [-0.15, -0.1) is 0 Å². The van der Waals surface area contributed by atoms with E-state index in [1.54, 1.807) is 6.07 Å². The number of benzene rings is 1. The molecule has 1 fully saturated rings. The van der Waals surface area contributed by atoms with Crippen LogP contribution in [0.1, 0.15) is 32.3 Å². The molecule has 1 aliphatic rings. The van der Waals surface area contributed by atoms with Gasteiger partial charge in [0, 0.05) is 18.3 Å². The maximum Gasteiger partial charge on any atom is 0.173 e. The third kappa shape index (κ3) is 2.63. The highest BCUT2D eigenvalue weighted by atomic mass is 35.5. The maximum absolute atomic E-state index is 8.94. The molecule has 1 aromatic carbocycles. The zero-order valence-electron chi connectivity index (χ0n) is 11.3. The van der Waals surface area contributed by atoms with E-state index < -0.39 is 0 Å². The fraction of sp³-hybridized carbons (Fsp3) is 0.500. The molecule has 3 N–H and O–H groups in total. The van der Waals surface area contributed by atoms with Gasteiger partial charge in [0.15, 0.2) is 5.84 Å². The summed E-state index contributed by atoms with van der Waals surface area (Å²) < 4.78 is 0. The maximum atomic E-state index is 8.94. The van der Waals surface area contributed by atoms with E-state index in [0.29, 0.717) is 22.5 Å². The Kier molecular flexibility index (Phi) is 4.20. The van der Waals surface area contributed by atoms with Crippen molar-refractivity contribution < 1.29 is 5.21 Å². The first kappa shape index (κ1) is 14.0. The highest BCUT2D eigenvalue weighted by molar-refractivity contribution is 6.34. The van der Waals surface area contributed by atoms with Crippen LogP contribution in [0.2, 0.25) is 5.02 Å². The molecule has 2 rings (SSSR count). The van der Waals surface area contributed by atoms with E-state index in [9.17, 15) is 0 Å². The van der Waals surface area contributed by atoms with Crippen molar-refractivity contribution in [1.82, 2.24) is 0 Å². The van der Waals surface area contributed by atoms with E-state index >= 15 is 0 Å². The van der Waals surface area contributed by atoms with Gasteiger partial charge < -0.3 is 15.8 Å². The third-order valence-electron chi connectivity index (χ3n) is 3.73. The number of rotatable bonds is 3. The Labute approximate surface area is 118 Å². The Morgan fingerprint density at radius 1 is 1.53 bits per heavy atom. The largest absolute Gasteiger partial charge is 0.409 e. The van der Waals surface area contributed by atoms with Crippen LogP contribution in [-0.2, 0) is 0 Å². The molecule has 104 valence electrons. The van der Waals surface area contributed by atoms with Crippen LogP contribution in [0.15, 0.2) is 23.4 Å². The molecular weight excluding hydrogens is 262 g/mol. The van der Waals surface area contributed by atoms with Crippen LogP contribution in [0.4, 0.5) is 5.69 Å². The Hall–Kier alpha value is -1.42. The molecule has 19 heavy (non-hydrogen) atoms. The molecule has 0 aromatic heterocycles. The highest BCUT2D eigenvalue weighted by Crippen LogP contribution is 2.34. The van der Waals surface area contributed by atoms with Gasteiger partial charge in [0.2, 0.25) is 0 Å². The molecule has 1 aliphatic heterocycles. The molecule has 1 heterocycles. The number of nitrogens with two attached hydrogens (primary N) is 1. The second-order valence-corrected chi connectivity index (χ2v) is 5.67. The minimum atomic E-state index is 0.0648. The van der Waals surface area contributed by atoms with Gasteiger partial charge >= 0.3 is 0 Å². The van der Waals surface area contributed by atoms with Crippen LogP contribution in [0.3, 0.4) is 0 Å². The average molecular weight is 282 g/mol. The second-order valence-electron chi connectivity index (χ2n) is 5.27. The Bertz CT molecular complexity index is 488. The fourth-order valence-electron chi connectivity index (χ4n) is 2.84. The van der Waals surface area contributed by atoms with Gasteiger partial charge in [0.25, 0.3) is 0 Å². The van der Waals surface area contributed by atoms with Gasteiger partial charge in [0.1, 0.15) is 0 Å². The van der Waals surface area contributed by atoms with Crippen LogP contribution >= 0.6 is 11.6 Å². The third-order valence-corrected chi connectivity index (χ3v) is 4.05. The minimum absolute atomic E-state index is 0.0648. The number of oxime groups is 1. The molecular formula is C14H20ClN3O. The normalized spacial score (nSPS) is 20.3. The number of nitrogens with zero attached hydrogens (tertiary/aromatic N) is 2. The standard InChI is InChI=1S/C14H20ClN3O/c1-9(2)11-7-4-8-18(11)12-6-3-5-10(15)13(12)14(16)17-19/h3,5-6,9,11,19H,4,7-8H2,1-2H3,(H2,16,17). The summed E-state index contributed by atoms with van der Waals surface area (Å²) in [6.45, 7) is 5.42. The van der Waals surface area contributed by atoms with Crippen LogP contribution in [0, 0.1) is 5.92 Å². The number of hydrogen-bond acceptors (Lipinski definition) is 3. The molecule has 0 spiro atoms. The Morgan fingerprint density at radius 2 is 2.26 bits per heavy atom. The van der Waals surface area contributed by atoms with Gasteiger partial charge in [-0.2, -0.15) is 0 Å². The summed E-state index contributed by atoms with van der Waals surface area (Å²) in [4.78, 5) is 2.32. The van der Waals surface area contributed by atoms with E-state index in [0.717, 1.165) is 18.7 Å². The highest BCUT2D eigenvalue weighted by Gasteiger charge is 2.29. The lowest BCUT2D eigenvalue weighted by Gasteiger charge is -2.31. The van der Waals surface area contributed by atoms with Gasteiger partial charge in [-0.25, -0.2) is 0 Å². The SMILES string of the molecule is CC(C)C1CCCN1c1cccc(Cl)c1C(N)=NO. The van der Waals surface area contributed by atoms with Crippen molar-refractivity contribution in [1.29, 1.82) is 0 Å². The second kappa shape index (κ2) is 5.70. The summed E-state index contributed by atoms with van der Waals surface area (Å²) in [6, 6.07) is 6.13. The number of amidine groups is 1. The van der Waals surface area contributed by atoms with Crippen molar-refractivity contribution in [2.45, 2.75) is 32.7 Å². The van der Waals surface area contributed by atoms with Crippen LogP contribution in [-0.4, -0.2) is 23.6 Å². The molecule has 1 unspecified atom stereocenters. The topological polar surface area (TPSA) is 61.8 Å². The van der Waals surface area contributed by atoms with Crippen molar-refractivity contribution in [3.05, 3.63) is 28.8 Å². The molecule has 0 amide bonds. The molecule has 5 heteroatoms. The summed E-state index contributed by atoms with van der Waals surface area (Å²) in [7, 11) is 0. The molecule has 1 aromatic rings. The molecule has 0 aliphatic carbocycles. The first-order valence-corrected chi connectivity index (χ1v) is 6.97. The average Bonchev–Trinajstić information content (AvgIpc) is 2.86. The number of halogens is 1. The van der Waals surface area contributed by atoms with E-state index in [2.05, 4.69) is 23.9 Å². The lowest BCUT2D eigenvalue weighted by atomic mass is 10.0. The number of anilines is 1. The summed E-state index contributed by atoms with van der Waals surface area (Å²) in [5.41, 5.74) is 7.36. The van der Waals surface area contributed by atoms with E-state index in [1.165, 1.54) is 6.42 Å². The van der Waals surface area contributed by atoms with Crippen LogP contribution in [0.25, 0.3) is 0 Å². The molecule has 0 bridgehead atoms. The zero-order valence-corrected chi connectivity index (χ0v) is 12.1. The summed E-state index contributed by atoms with van der Waals surface area (Å²) in [5.74, 6) is 0.622. The Morgan fingerprint density at radius 3 is 2.89 bits per heavy atom. The van der Waals surface area contributed by atoms with Gasteiger partial charge in [-0.1, -0.05) is 36.7 Å². The molecule has 1 atom stereocenters. The first-order valence-electron chi connectivity index (χ1n) is 6.59. The molecule has 0 radical (unpaired) electrons. The first-order chi connectivity index (χ1) is 9.06. The quantitative estimate of drug-likeness (QED) is 0.387. The summed E-state index contributed by atoms with van der Waals surface area (Å²) in [6.07, 6.45) is 2.32. The van der Waals surface area contributed by atoms with Crippen LogP contribution < -0.4 is 10.6 Å². The van der Waals surface area contributed by atoms with Crippen LogP contribution in [0.5, 0.6) is 0 Å². The predicted molar refractivity (Wildman–Crippen MR) is 79.2 cm³/mol. The molecule has 4 nitrogen and oxygen atoms in total. The zero-order chi connectivity index (χ0) is 14.0. The minimum Gasteiger partial charge on any atom is -0.409 e. The molecule has 0 saturated carbocycles. The Balaban J connectivity index is 2.47. The summed E-state index contributed by atoms with van der Waals surface area (Å²) in [5, 5.41) is 12.6. The van der Waals surface area contributed by atoms with Gasteiger partial charge in [-0.3, -0.25) is 0 Å². The van der Waals surface area contributed by atoms with Gasteiger partial charge in [-0.05, 0) is 30.9 Å². The van der Waals surface area contributed by atoms with Gasteiger partial charge in [0.05, 0.1) is 10.6 Å². The van der Waals surface area contributed by atoms with E-state index in [1.807, 2.05) is 12.1 Å². The predicted octanol–water partition coefficient (Wildman–Crippen LogP) is 3.06. The van der Waals surface area contributed by atoms with Crippen molar-refractivity contribution >= 4 is 23.1 Å². The van der Waals surface area contributed by atoms with Crippen molar-refractivity contribution in [3.63, 3.8) is 0 Å². The summed E-state index contributed by atoms with van der Waals surface area (Å²) >= 11 is 6.21. The lowest BCUT2D eigenvalue weighted by Crippen LogP contribution is -2.35. The smallest absolute Gasteiger partial charge is 0.173 e. The lowest BCUT2D eigenvalue weighted by molar-refractivity contribution is 0.318. The van der Waals surface area contributed by atoms with Crippen molar-refractivity contribution in [2.24, 2.45) is 16.8 Å².